The summed E-state index contributed by atoms with van der Waals surface area (Å²) in [4.78, 5) is 6.50. The van der Waals surface area contributed by atoms with Crippen molar-refractivity contribution in [1.82, 2.24) is 10.3 Å². The fourth-order valence-electron chi connectivity index (χ4n) is 3.14. The minimum absolute atomic E-state index is 0.0127. The summed E-state index contributed by atoms with van der Waals surface area (Å²) in [5.74, 6) is 0. The van der Waals surface area contributed by atoms with Crippen LogP contribution in [0.3, 0.4) is 0 Å². The predicted molar refractivity (Wildman–Crippen MR) is 80.4 cm³/mol. The van der Waals surface area contributed by atoms with Crippen LogP contribution in [0.1, 0.15) is 41.3 Å². The Hall–Kier alpha value is -0.490. The number of hydrogen-bond donors (Lipinski definition) is 1. The molecule has 1 saturated heterocycles. The average molecular weight is 296 g/mol. The van der Waals surface area contributed by atoms with Gasteiger partial charge in [0.05, 0.1) is 17.8 Å². The Labute approximate surface area is 124 Å². The Kier molecular flexibility index (Phi) is 4.71. The lowest BCUT2D eigenvalue weighted by atomic mass is 9.90. The number of rotatable bonds is 5. The van der Waals surface area contributed by atoms with Gasteiger partial charge in [-0.1, -0.05) is 0 Å². The van der Waals surface area contributed by atoms with E-state index in [1.807, 2.05) is 11.3 Å². The molecule has 20 heavy (non-hydrogen) atoms. The van der Waals surface area contributed by atoms with E-state index in [9.17, 15) is 0 Å². The smallest absolute Gasteiger partial charge is 0.113 e. The number of aryl methyl sites for hydroxylation is 2. The second-order valence-corrected chi connectivity index (χ2v) is 6.79. The van der Waals surface area contributed by atoms with Crippen molar-refractivity contribution in [3.63, 3.8) is 0 Å². The maximum absolute atomic E-state index is 5.56. The lowest BCUT2D eigenvalue weighted by Gasteiger charge is -2.36. The zero-order valence-corrected chi connectivity index (χ0v) is 13.1. The maximum Gasteiger partial charge on any atom is 0.113 e. The first-order valence-electron chi connectivity index (χ1n) is 7.65. The van der Waals surface area contributed by atoms with Gasteiger partial charge >= 0.3 is 0 Å². The van der Waals surface area contributed by atoms with Gasteiger partial charge in [0, 0.05) is 31.7 Å². The molecule has 1 fully saturated rings. The van der Waals surface area contributed by atoms with E-state index in [0.29, 0.717) is 0 Å². The second kappa shape index (κ2) is 6.52. The minimum atomic E-state index is 0.0127. The molecule has 0 aromatic carbocycles. The van der Waals surface area contributed by atoms with E-state index < -0.39 is 0 Å². The highest BCUT2D eigenvalue weighted by atomic mass is 32.1. The zero-order valence-electron chi connectivity index (χ0n) is 12.2. The van der Waals surface area contributed by atoms with Crippen LogP contribution in [0.15, 0.2) is 0 Å². The molecule has 2 heterocycles. The molecule has 112 valence electrons. The van der Waals surface area contributed by atoms with Gasteiger partial charge in [-0.15, -0.1) is 11.3 Å². The van der Waals surface area contributed by atoms with Crippen LogP contribution in [0.25, 0.3) is 0 Å². The Morgan fingerprint density at radius 2 is 2.10 bits per heavy atom. The van der Waals surface area contributed by atoms with Crippen molar-refractivity contribution >= 4 is 11.3 Å². The quantitative estimate of drug-likeness (QED) is 0.847. The number of nitrogens with zero attached hydrogens (tertiary/aromatic N) is 1. The van der Waals surface area contributed by atoms with Gasteiger partial charge in [-0.05, 0) is 38.5 Å². The standard InChI is InChI=1S/C15H24N2O2S/c1-18-11-8-16-15(6-9-19-10-7-15)14-17-12-4-2-3-5-13(12)20-14/h16H,2-11H2,1H3. The molecule has 0 saturated carbocycles. The molecule has 3 rings (SSSR count). The molecule has 5 heteroatoms. The van der Waals surface area contributed by atoms with Gasteiger partial charge in [-0.3, -0.25) is 0 Å². The fraction of sp³-hybridized carbons (Fsp3) is 0.800. The van der Waals surface area contributed by atoms with E-state index in [1.54, 1.807) is 7.11 Å². The molecule has 1 N–H and O–H groups in total. The average Bonchev–Trinajstić information content (AvgIpc) is 2.93. The van der Waals surface area contributed by atoms with Crippen molar-refractivity contribution in [2.75, 3.05) is 33.5 Å². The third-order valence-corrected chi connectivity index (χ3v) is 5.73. The summed E-state index contributed by atoms with van der Waals surface area (Å²) in [6, 6.07) is 0. The Bertz CT molecular complexity index is 418. The van der Waals surface area contributed by atoms with E-state index in [0.717, 1.165) is 45.6 Å². The number of methoxy groups -OCH3 is 1. The van der Waals surface area contributed by atoms with Crippen molar-refractivity contribution in [3.05, 3.63) is 15.6 Å². The number of nitrogens with one attached hydrogen (secondary N) is 1. The molecule has 0 atom stereocenters. The van der Waals surface area contributed by atoms with Gasteiger partial charge in [0.2, 0.25) is 0 Å². The Morgan fingerprint density at radius 3 is 2.85 bits per heavy atom. The third-order valence-electron chi connectivity index (χ3n) is 4.37. The first-order valence-corrected chi connectivity index (χ1v) is 8.46. The van der Waals surface area contributed by atoms with Gasteiger partial charge < -0.3 is 14.8 Å². The molecule has 4 nitrogen and oxygen atoms in total. The summed E-state index contributed by atoms with van der Waals surface area (Å²) in [6.07, 6.45) is 7.03. The van der Waals surface area contributed by atoms with Gasteiger partial charge in [-0.25, -0.2) is 4.98 Å². The van der Waals surface area contributed by atoms with Crippen LogP contribution in [-0.4, -0.2) is 38.5 Å². The molecular weight excluding hydrogens is 272 g/mol. The lowest BCUT2D eigenvalue weighted by Crippen LogP contribution is -2.47. The molecule has 0 radical (unpaired) electrons. The number of fused-ring (bicyclic) bond motifs is 1. The molecule has 0 unspecified atom stereocenters. The molecule has 1 aliphatic carbocycles. The highest BCUT2D eigenvalue weighted by molar-refractivity contribution is 7.11. The SMILES string of the molecule is COCCNC1(c2nc3c(s2)CCCC3)CCOCC1. The van der Waals surface area contributed by atoms with E-state index in [2.05, 4.69) is 5.32 Å². The minimum Gasteiger partial charge on any atom is -0.383 e. The molecule has 2 aliphatic rings. The van der Waals surface area contributed by atoms with Crippen molar-refractivity contribution in [2.24, 2.45) is 0 Å². The summed E-state index contributed by atoms with van der Waals surface area (Å²) in [6.45, 7) is 3.27. The second-order valence-electron chi connectivity index (χ2n) is 5.71. The first-order chi connectivity index (χ1) is 9.84. The van der Waals surface area contributed by atoms with Crippen LogP contribution < -0.4 is 5.32 Å². The maximum atomic E-state index is 5.56. The summed E-state index contributed by atoms with van der Waals surface area (Å²) in [5.41, 5.74) is 1.37. The summed E-state index contributed by atoms with van der Waals surface area (Å²) >= 11 is 1.93. The lowest BCUT2D eigenvalue weighted by molar-refractivity contribution is 0.0334. The Balaban J connectivity index is 1.82. The van der Waals surface area contributed by atoms with Gasteiger partial charge in [0.1, 0.15) is 5.01 Å². The van der Waals surface area contributed by atoms with Crippen molar-refractivity contribution in [2.45, 2.75) is 44.1 Å². The fourth-order valence-corrected chi connectivity index (χ4v) is 4.51. The largest absolute Gasteiger partial charge is 0.383 e. The van der Waals surface area contributed by atoms with Crippen LogP contribution in [0, 0.1) is 0 Å². The van der Waals surface area contributed by atoms with Gasteiger partial charge in [0.15, 0.2) is 0 Å². The van der Waals surface area contributed by atoms with Gasteiger partial charge in [-0.2, -0.15) is 0 Å². The van der Waals surface area contributed by atoms with Crippen molar-refractivity contribution < 1.29 is 9.47 Å². The highest BCUT2D eigenvalue weighted by Crippen LogP contribution is 2.38. The highest BCUT2D eigenvalue weighted by Gasteiger charge is 2.37. The topological polar surface area (TPSA) is 43.4 Å². The summed E-state index contributed by atoms with van der Waals surface area (Å²) in [7, 11) is 1.75. The molecular formula is C15H24N2O2S. The number of ether oxygens (including phenoxy) is 2. The molecule has 1 aromatic rings. The van der Waals surface area contributed by atoms with E-state index in [4.69, 9.17) is 14.5 Å². The summed E-state index contributed by atoms with van der Waals surface area (Å²) in [5, 5.41) is 4.99. The van der Waals surface area contributed by atoms with Gasteiger partial charge in [0.25, 0.3) is 0 Å². The number of aromatic nitrogens is 1. The molecule has 1 aromatic heterocycles. The molecule has 0 spiro atoms. The van der Waals surface area contributed by atoms with E-state index in [-0.39, 0.29) is 5.54 Å². The zero-order chi connectivity index (χ0) is 13.8. The normalized spacial score (nSPS) is 21.6. The van der Waals surface area contributed by atoms with Crippen LogP contribution in [0.5, 0.6) is 0 Å². The van der Waals surface area contributed by atoms with E-state index >= 15 is 0 Å². The van der Waals surface area contributed by atoms with E-state index in [1.165, 1.54) is 34.8 Å². The number of hydrogen-bond acceptors (Lipinski definition) is 5. The van der Waals surface area contributed by atoms with Crippen molar-refractivity contribution in [3.8, 4) is 0 Å². The molecule has 0 bridgehead atoms. The Morgan fingerprint density at radius 1 is 1.30 bits per heavy atom. The first kappa shape index (κ1) is 14.4. The van der Waals surface area contributed by atoms with Crippen molar-refractivity contribution in [1.29, 1.82) is 0 Å². The molecule has 1 aliphatic heterocycles. The molecule has 0 amide bonds. The van der Waals surface area contributed by atoms with Crippen LogP contribution in [0.2, 0.25) is 0 Å². The predicted octanol–water partition coefficient (Wildman–Crippen LogP) is 2.26. The number of thiazole rings is 1. The summed E-state index contributed by atoms with van der Waals surface area (Å²) < 4.78 is 10.7. The van der Waals surface area contributed by atoms with Crippen LogP contribution in [-0.2, 0) is 27.9 Å². The monoisotopic (exact) mass is 296 g/mol. The third kappa shape index (κ3) is 2.91. The van der Waals surface area contributed by atoms with Crippen LogP contribution in [0.4, 0.5) is 0 Å². The van der Waals surface area contributed by atoms with Crippen LogP contribution >= 0.6 is 11.3 Å².